The van der Waals surface area contributed by atoms with Gasteiger partial charge in [-0.05, 0) is 36.4 Å². The van der Waals surface area contributed by atoms with Gasteiger partial charge in [-0.3, -0.25) is 0 Å². The fraction of sp³-hybridized carbons (Fsp3) is 0.333. The zero-order chi connectivity index (χ0) is 14.7. The van der Waals surface area contributed by atoms with Crippen molar-refractivity contribution in [1.29, 1.82) is 0 Å². The molecule has 6 heteroatoms. The predicted molar refractivity (Wildman–Crippen MR) is 86.3 cm³/mol. The van der Waals surface area contributed by atoms with Crippen molar-refractivity contribution >= 4 is 27.0 Å². The first-order valence-corrected chi connectivity index (χ1v) is 9.38. The summed E-state index contributed by atoms with van der Waals surface area (Å²) in [6, 6.07) is 13.8. The molecular formula is C15H18N2O2S2. The SMILES string of the molecule is O=S(=O)(NCC1CCCN1c1ccccc1)c1cccs1. The molecule has 2 heterocycles. The lowest BCUT2D eigenvalue weighted by molar-refractivity contribution is 0.569. The Morgan fingerprint density at radius 2 is 2.00 bits per heavy atom. The summed E-state index contributed by atoms with van der Waals surface area (Å²) in [7, 11) is -3.37. The molecule has 1 atom stereocenters. The van der Waals surface area contributed by atoms with Gasteiger partial charge < -0.3 is 4.90 Å². The summed E-state index contributed by atoms with van der Waals surface area (Å²) in [6.07, 6.45) is 2.11. The first kappa shape index (κ1) is 14.6. The molecule has 1 aromatic carbocycles. The summed E-state index contributed by atoms with van der Waals surface area (Å²) in [5.41, 5.74) is 1.16. The number of thiophene rings is 1. The standard InChI is InChI=1S/C15H18N2O2S2/c18-21(19,15-9-5-11-20-15)16-12-14-8-4-10-17(14)13-6-2-1-3-7-13/h1-3,5-7,9,11,14,16H,4,8,10,12H2. The van der Waals surface area contributed by atoms with Crippen LogP contribution in [-0.2, 0) is 10.0 Å². The quantitative estimate of drug-likeness (QED) is 0.921. The molecule has 0 bridgehead atoms. The monoisotopic (exact) mass is 322 g/mol. The van der Waals surface area contributed by atoms with Gasteiger partial charge in [0, 0.05) is 24.8 Å². The summed E-state index contributed by atoms with van der Waals surface area (Å²) in [5.74, 6) is 0. The van der Waals surface area contributed by atoms with Gasteiger partial charge in [-0.2, -0.15) is 0 Å². The molecule has 1 aliphatic heterocycles. The van der Waals surface area contributed by atoms with Crippen LogP contribution in [-0.4, -0.2) is 27.5 Å². The number of benzene rings is 1. The number of nitrogens with zero attached hydrogens (tertiary/aromatic N) is 1. The van der Waals surface area contributed by atoms with Crippen molar-refractivity contribution in [3.8, 4) is 0 Å². The summed E-state index contributed by atoms with van der Waals surface area (Å²) in [6.45, 7) is 1.44. The first-order valence-electron chi connectivity index (χ1n) is 7.02. The van der Waals surface area contributed by atoms with Crippen LogP contribution in [0.2, 0.25) is 0 Å². The largest absolute Gasteiger partial charge is 0.367 e. The first-order chi connectivity index (χ1) is 10.2. The van der Waals surface area contributed by atoms with E-state index in [1.165, 1.54) is 11.3 Å². The minimum atomic E-state index is -3.37. The number of sulfonamides is 1. The summed E-state index contributed by atoms with van der Waals surface area (Å²) in [4.78, 5) is 2.29. The van der Waals surface area contributed by atoms with Gasteiger partial charge in [0.05, 0.1) is 0 Å². The third kappa shape index (κ3) is 3.28. The van der Waals surface area contributed by atoms with Crippen molar-refractivity contribution in [2.75, 3.05) is 18.0 Å². The smallest absolute Gasteiger partial charge is 0.250 e. The van der Waals surface area contributed by atoms with E-state index in [1.54, 1.807) is 17.5 Å². The van der Waals surface area contributed by atoms with Crippen molar-refractivity contribution in [3.63, 3.8) is 0 Å². The second kappa shape index (κ2) is 6.17. The Kier molecular flexibility index (Phi) is 4.28. The van der Waals surface area contributed by atoms with E-state index in [9.17, 15) is 8.42 Å². The van der Waals surface area contributed by atoms with Crippen LogP contribution >= 0.6 is 11.3 Å². The van der Waals surface area contributed by atoms with Crippen LogP contribution in [0.15, 0.2) is 52.1 Å². The summed E-state index contributed by atoms with van der Waals surface area (Å²) >= 11 is 1.25. The molecule has 4 nitrogen and oxygen atoms in total. The van der Waals surface area contributed by atoms with Crippen molar-refractivity contribution < 1.29 is 8.42 Å². The van der Waals surface area contributed by atoms with Gasteiger partial charge >= 0.3 is 0 Å². The molecule has 1 saturated heterocycles. The maximum atomic E-state index is 12.2. The van der Waals surface area contributed by atoms with E-state index < -0.39 is 10.0 Å². The number of hydrogen-bond donors (Lipinski definition) is 1. The van der Waals surface area contributed by atoms with Crippen LogP contribution in [0.3, 0.4) is 0 Å². The number of nitrogens with one attached hydrogen (secondary N) is 1. The molecule has 1 unspecified atom stereocenters. The summed E-state index contributed by atoms with van der Waals surface area (Å²) < 4.78 is 27.5. The number of anilines is 1. The van der Waals surface area contributed by atoms with Gasteiger partial charge in [0.25, 0.3) is 0 Å². The van der Waals surface area contributed by atoms with E-state index in [2.05, 4.69) is 21.8 Å². The highest BCUT2D eigenvalue weighted by molar-refractivity contribution is 7.91. The van der Waals surface area contributed by atoms with E-state index in [1.807, 2.05) is 18.2 Å². The molecule has 1 N–H and O–H groups in total. The van der Waals surface area contributed by atoms with Crippen molar-refractivity contribution in [2.45, 2.75) is 23.1 Å². The Morgan fingerprint density at radius 1 is 1.19 bits per heavy atom. The third-order valence-corrected chi connectivity index (χ3v) is 6.55. The molecule has 0 radical (unpaired) electrons. The van der Waals surface area contributed by atoms with Gasteiger partial charge in [-0.25, -0.2) is 13.1 Å². The maximum absolute atomic E-state index is 12.2. The predicted octanol–water partition coefficient (Wildman–Crippen LogP) is 2.70. The highest BCUT2D eigenvalue weighted by Gasteiger charge is 2.26. The maximum Gasteiger partial charge on any atom is 0.250 e. The Hall–Kier alpha value is -1.37. The highest BCUT2D eigenvalue weighted by atomic mass is 32.2. The fourth-order valence-corrected chi connectivity index (χ4v) is 4.81. The number of rotatable bonds is 5. The van der Waals surface area contributed by atoms with Crippen molar-refractivity contribution in [2.24, 2.45) is 0 Å². The average molecular weight is 322 g/mol. The molecule has 0 saturated carbocycles. The number of hydrogen-bond acceptors (Lipinski definition) is 4. The molecule has 112 valence electrons. The van der Waals surface area contributed by atoms with Gasteiger partial charge in [-0.15, -0.1) is 11.3 Å². The molecule has 1 aliphatic rings. The third-order valence-electron chi connectivity index (χ3n) is 3.73. The Balaban J connectivity index is 1.68. The second-order valence-electron chi connectivity index (χ2n) is 5.11. The molecule has 0 amide bonds. The lowest BCUT2D eigenvalue weighted by atomic mass is 10.2. The van der Waals surface area contributed by atoms with Crippen LogP contribution < -0.4 is 9.62 Å². The minimum Gasteiger partial charge on any atom is -0.367 e. The van der Waals surface area contributed by atoms with Crippen LogP contribution in [0.25, 0.3) is 0 Å². The van der Waals surface area contributed by atoms with Crippen molar-refractivity contribution in [1.82, 2.24) is 4.72 Å². The lowest BCUT2D eigenvalue weighted by Gasteiger charge is -2.26. The zero-order valence-electron chi connectivity index (χ0n) is 11.6. The van der Waals surface area contributed by atoms with E-state index in [0.29, 0.717) is 10.8 Å². The molecule has 1 aromatic heterocycles. The summed E-state index contributed by atoms with van der Waals surface area (Å²) in [5, 5.41) is 1.78. The number of para-hydroxylation sites is 1. The highest BCUT2D eigenvalue weighted by Crippen LogP contribution is 2.25. The van der Waals surface area contributed by atoms with Crippen LogP contribution in [0.1, 0.15) is 12.8 Å². The average Bonchev–Trinajstić information content (AvgIpc) is 3.18. The van der Waals surface area contributed by atoms with E-state index in [0.717, 1.165) is 25.1 Å². The lowest BCUT2D eigenvalue weighted by Crippen LogP contribution is -2.40. The molecule has 21 heavy (non-hydrogen) atoms. The Bertz CT molecular complexity index is 669. The van der Waals surface area contributed by atoms with Crippen LogP contribution in [0.5, 0.6) is 0 Å². The normalized spacial score (nSPS) is 19.0. The minimum absolute atomic E-state index is 0.224. The Labute approximate surface area is 129 Å². The topological polar surface area (TPSA) is 49.4 Å². The second-order valence-corrected chi connectivity index (χ2v) is 8.05. The molecule has 2 aromatic rings. The van der Waals surface area contributed by atoms with Gasteiger partial charge in [0.1, 0.15) is 4.21 Å². The molecular weight excluding hydrogens is 304 g/mol. The van der Waals surface area contributed by atoms with Crippen molar-refractivity contribution in [3.05, 3.63) is 47.8 Å². The van der Waals surface area contributed by atoms with E-state index in [-0.39, 0.29) is 6.04 Å². The molecule has 0 aliphatic carbocycles. The van der Waals surface area contributed by atoms with Gasteiger partial charge in [-0.1, -0.05) is 24.3 Å². The van der Waals surface area contributed by atoms with E-state index in [4.69, 9.17) is 0 Å². The van der Waals surface area contributed by atoms with Gasteiger partial charge in [0.2, 0.25) is 10.0 Å². The fourth-order valence-electron chi connectivity index (χ4n) is 2.70. The Morgan fingerprint density at radius 3 is 2.71 bits per heavy atom. The van der Waals surface area contributed by atoms with Crippen LogP contribution in [0, 0.1) is 0 Å². The van der Waals surface area contributed by atoms with Gasteiger partial charge in [0.15, 0.2) is 0 Å². The van der Waals surface area contributed by atoms with E-state index >= 15 is 0 Å². The molecule has 0 spiro atoms. The molecule has 3 rings (SSSR count). The van der Waals surface area contributed by atoms with Crippen LogP contribution in [0.4, 0.5) is 5.69 Å². The zero-order valence-corrected chi connectivity index (χ0v) is 13.2. The molecule has 1 fully saturated rings.